The number of benzene rings is 1. The minimum atomic E-state index is 0.0358. The molecule has 0 aromatic heterocycles. The van der Waals surface area contributed by atoms with E-state index in [0.717, 1.165) is 11.1 Å². The Labute approximate surface area is 70.8 Å². The summed E-state index contributed by atoms with van der Waals surface area (Å²) in [6, 6.07) is 7.50. The van der Waals surface area contributed by atoms with Gasteiger partial charge in [-0.05, 0) is 5.56 Å². The highest BCUT2D eigenvalue weighted by Gasteiger charge is 2.27. The van der Waals surface area contributed by atoms with E-state index in [0.29, 0.717) is 6.42 Å². The molecule has 2 heteroatoms. The highest BCUT2D eigenvalue weighted by Crippen LogP contribution is 2.31. The van der Waals surface area contributed by atoms with E-state index >= 15 is 0 Å². The standard InChI is InChI=1S/C10H10O2/c11-6-7-5-10(12)9-4-2-1-3-8(7)9/h1-4,7,11H,5-6H2/t7-/m0/s1. The number of carbonyl (C=O) groups excluding carboxylic acids is 1. The van der Waals surface area contributed by atoms with Gasteiger partial charge in [0.05, 0.1) is 6.61 Å². The zero-order valence-corrected chi connectivity index (χ0v) is 6.66. The summed E-state index contributed by atoms with van der Waals surface area (Å²) in [6.07, 6.45) is 0.468. The van der Waals surface area contributed by atoms with Crippen molar-refractivity contribution in [1.82, 2.24) is 0 Å². The molecule has 0 amide bonds. The third-order valence-corrected chi connectivity index (χ3v) is 2.35. The lowest BCUT2D eigenvalue weighted by Crippen LogP contribution is -1.98. The van der Waals surface area contributed by atoms with Gasteiger partial charge in [-0.15, -0.1) is 0 Å². The summed E-state index contributed by atoms with van der Waals surface area (Å²) in [5.74, 6) is 0.193. The molecule has 0 unspecified atom stereocenters. The predicted molar refractivity (Wildman–Crippen MR) is 45.2 cm³/mol. The summed E-state index contributed by atoms with van der Waals surface area (Å²) >= 11 is 0. The van der Waals surface area contributed by atoms with Crippen LogP contribution in [-0.2, 0) is 0 Å². The molecule has 0 radical (unpaired) electrons. The second-order valence-electron chi connectivity index (χ2n) is 3.09. The zero-order valence-electron chi connectivity index (χ0n) is 6.66. The topological polar surface area (TPSA) is 37.3 Å². The maximum Gasteiger partial charge on any atom is 0.163 e. The van der Waals surface area contributed by atoms with Crippen LogP contribution in [0.2, 0.25) is 0 Å². The van der Waals surface area contributed by atoms with Gasteiger partial charge in [-0.25, -0.2) is 0 Å². The predicted octanol–water partition coefficient (Wildman–Crippen LogP) is 1.35. The van der Waals surface area contributed by atoms with Crippen LogP contribution in [0.3, 0.4) is 0 Å². The molecular formula is C10H10O2. The van der Waals surface area contributed by atoms with Crippen LogP contribution in [0, 0.1) is 0 Å². The fraction of sp³-hybridized carbons (Fsp3) is 0.300. The van der Waals surface area contributed by atoms with Gasteiger partial charge in [0.1, 0.15) is 0 Å². The third kappa shape index (κ3) is 0.959. The Kier molecular flexibility index (Phi) is 1.70. The number of carbonyl (C=O) groups is 1. The van der Waals surface area contributed by atoms with E-state index in [1.807, 2.05) is 24.3 Å². The number of hydrogen-bond acceptors (Lipinski definition) is 2. The molecule has 2 nitrogen and oxygen atoms in total. The van der Waals surface area contributed by atoms with Gasteiger partial charge in [-0.3, -0.25) is 4.79 Å². The summed E-state index contributed by atoms with van der Waals surface area (Å²) < 4.78 is 0. The molecule has 0 heterocycles. The molecule has 2 rings (SSSR count). The largest absolute Gasteiger partial charge is 0.396 e. The van der Waals surface area contributed by atoms with Crippen molar-refractivity contribution in [2.75, 3.05) is 6.61 Å². The fourth-order valence-electron chi connectivity index (χ4n) is 1.71. The molecule has 62 valence electrons. The van der Waals surface area contributed by atoms with Gasteiger partial charge < -0.3 is 5.11 Å². The molecule has 0 spiro atoms. The van der Waals surface area contributed by atoms with Crippen molar-refractivity contribution in [1.29, 1.82) is 0 Å². The van der Waals surface area contributed by atoms with Gasteiger partial charge in [0, 0.05) is 17.9 Å². The van der Waals surface area contributed by atoms with E-state index in [-0.39, 0.29) is 18.3 Å². The van der Waals surface area contributed by atoms with Gasteiger partial charge in [-0.2, -0.15) is 0 Å². The van der Waals surface area contributed by atoms with Crippen molar-refractivity contribution in [3.63, 3.8) is 0 Å². The molecule has 0 bridgehead atoms. The first kappa shape index (κ1) is 7.50. The van der Waals surface area contributed by atoms with Crippen LogP contribution in [0.4, 0.5) is 0 Å². The molecule has 1 aliphatic rings. The van der Waals surface area contributed by atoms with Gasteiger partial charge in [0.2, 0.25) is 0 Å². The number of rotatable bonds is 1. The molecule has 1 aromatic rings. The van der Waals surface area contributed by atoms with Crippen LogP contribution in [0.15, 0.2) is 24.3 Å². The van der Waals surface area contributed by atoms with E-state index in [4.69, 9.17) is 5.11 Å². The van der Waals surface area contributed by atoms with E-state index in [2.05, 4.69) is 0 Å². The second kappa shape index (κ2) is 2.72. The van der Waals surface area contributed by atoms with Gasteiger partial charge in [0.25, 0.3) is 0 Å². The zero-order chi connectivity index (χ0) is 8.55. The third-order valence-electron chi connectivity index (χ3n) is 2.35. The van der Waals surface area contributed by atoms with Crippen LogP contribution in [-0.4, -0.2) is 17.5 Å². The maximum atomic E-state index is 11.3. The summed E-state index contributed by atoms with van der Waals surface area (Å²) in [7, 11) is 0. The Morgan fingerprint density at radius 3 is 2.92 bits per heavy atom. The molecular weight excluding hydrogens is 152 g/mol. The van der Waals surface area contributed by atoms with Crippen LogP contribution in [0.25, 0.3) is 0 Å². The van der Waals surface area contributed by atoms with Gasteiger partial charge in [-0.1, -0.05) is 24.3 Å². The molecule has 12 heavy (non-hydrogen) atoms. The smallest absolute Gasteiger partial charge is 0.163 e. The molecule has 1 aromatic carbocycles. The highest BCUT2D eigenvalue weighted by molar-refractivity contribution is 6.01. The monoisotopic (exact) mass is 162 g/mol. The van der Waals surface area contributed by atoms with Crippen molar-refractivity contribution in [3.05, 3.63) is 35.4 Å². The first-order valence-electron chi connectivity index (χ1n) is 4.06. The van der Waals surface area contributed by atoms with E-state index < -0.39 is 0 Å². The lowest BCUT2D eigenvalue weighted by atomic mass is 10.0. The lowest BCUT2D eigenvalue weighted by molar-refractivity contribution is 0.0980. The SMILES string of the molecule is O=C1C[C@@H](CO)c2ccccc21. The highest BCUT2D eigenvalue weighted by atomic mass is 16.3. The van der Waals surface area contributed by atoms with Crippen LogP contribution < -0.4 is 0 Å². The summed E-state index contributed by atoms with van der Waals surface area (Å²) in [6.45, 7) is 0.0722. The normalized spacial score (nSPS) is 21.1. The summed E-state index contributed by atoms with van der Waals surface area (Å²) in [5.41, 5.74) is 1.79. The Morgan fingerprint density at radius 2 is 2.17 bits per heavy atom. The van der Waals surface area contributed by atoms with E-state index in [1.54, 1.807) is 0 Å². The Morgan fingerprint density at radius 1 is 1.42 bits per heavy atom. The minimum absolute atomic E-state index is 0.0358. The fourth-order valence-corrected chi connectivity index (χ4v) is 1.71. The van der Waals surface area contributed by atoms with Crippen molar-refractivity contribution in [3.8, 4) is 0 Å². The number of aliphatic hydroxyl groups is 1. The quantitative estimate of drug-likeness (QED) is 0.676. The van der Waals surface area contributed by atoms with Crippen molar-refractivity contribution < 1.29 is 9.90 Å². The van der Waals surface area contributed by atoms with E-state index in [9.17, 15) is 4.79 Å². The van der Waals surface area contributed by atoms with Gasteiger partial charge in [0.15, 0.2) is 5.78 Å². The molecule has 1 N–H and O–H groups in total. The lowest BCUT2D eigenvalue weighted by Gasteiger charge is -2.04. The molecule has 0 saturated heterocycles. The van der Waals surface area contributed by atoms with Crippen LogP contribution >= 0.6 is 0 Å². The number of hydrogen-bond donors (Lipinski definition) is 1. The van der Waals surface area contributed by atoms with Gasteiger partial charge >= 0.3 is 0 Å². The average molecular weight is 162 g/mol. The summed E-state index contributed by atoms with van der Waals surface area (Å²) in [5, 5.41) is 8.98. The number of aliphatic hydroxyl groups excluding tert-OH is 1. The Balaban J connectivity index is 2.50. The van der Waals surface area contributed by atoms with Crippen molar-refractivity contribution >= 4 is 5.78 Å². The Bertz CT molecular complexity index is 317. The van der Waals surface area contributed by atoms with Crippen molar-refractivity contribution in [2.45, 2.75) is 12.3 Å². The first-order valence-corrected chi connectivity index (χ1v) is 4.06. The second-order valence-corrected chi connectivity index (χ2v) is 3.09. The Hall–Kier alpha value is -1.15. The summed E-state index contributed by atoms with van der Waals surface area (Å²) in [4.78, 5) is 11.3. The molecule has 1 aliphatic carbocycles. The van der Waals surface area contributed by atoms with Crippen LogP contribution in [0.5, 0.6) is 0 Å². The number of Topliss-reactive ketones (excluding diaryl/α,β-unsaturated/α-hetero) is 1. The average Bonchev–Trinajstić information content (AvgIpc) is 2.44. The van der Waals surface area contributed by atoms with E-state index in [1.165, 1.54) is 0 Å². The van der Waals surface area contributed by atoms with Crippen molar-refractivity contribution in [2.24, 2.45) is 0 Å². The van der Waals surface area contributed by atoms with Crippen LogP contribution in [0.1, 0.15) is 28.3 Å². The molecule has 0 saturated carbocycles. The first-order chi connectivity index (χ1) is 5.83. The molecule has 1 atom stereocenters. The number of ketones is 1. The molecule has 0 aliphatic heterocycles. The molecule has 0 fully saturated rings. The minimum Gasteiger partial charge on any atom is -0.396 e. The number of fused-ring (bicyclic) bond motifs is 1. The maximum absolute atomic E-state index is 11.3.